The summed E-state index contributed by atoms with van der Waals surface area (Å²) in [4.78, 5) is 0. The number of hydrogen-bond acceptors (Lipinski definition) is 3. The summed E-state index contributed by atoms with van der Waals surface area (Å²) in [5.41, 5.74) is 0. The van der Waals surface area contributed by atoms with Crippen LogP contribution >= 0.6 is 0 Å². The van der Waals surface area contributed by atoms with Gasteiger partial charge in [-0.3, -0.25) is 0 Å². The first-order valence-electron chi connectivity index (χ1n) is 5.23. The van der Waals surface area contributed by atoms with Crippen LogP contribution in [-0.2, 0) is 0 Å². The predicted molar refractivity (Wildman–Crippen MR) is 56.5 cm³/mol. The van der Waals surface area contributed by atoms with Crippen molar-refractivity contribution in [3.05, 3.63) is 0 Å². The van der Waals surface area contributed by atoms with E-state index in [1.807, 2.05) is 0 Å². The molecule has 1 unspecified atom stereocenters. The van der Waals surface area contributed by atoms with E-state index in [1.165, 1.54) is 0 Å². The van der Waals surface area contributed by atoms with Gasteiger partial charge in [0.1, 0.15) is 0 Å². The van der Waals surface area contributed by atoms with Crippen LogP contribution in [-0.4, -0.2) is 25.7 Å². The molecule has 0 saturated carbocycles. The molecule has 0 aromatic heterocycles. The fourth-order valence-corrected chi connectivity index (χ4v) is 1.41. The molecule has 1 heterocycles. The highest BCUT2D eigenvalue weighted by atomic mass is 15.0. The van der Waals surface area contributed by atoms with E-state index in [0.717, 1.165) is 45.3 Å². The minimum atomic E-state index is 0.0178. The maximum Gasteiger partial charge on any atom is 0.0953 e. The summed E-state index contributed by atoms with van der Waals surface area (Å²) in [5.74, 6) is 6.19. The number of nitrogens with one attached hydrogen (secondary N) is 2. The van der Waals surface area contributed by atoms with E-state index < -0.39 is 0 Å². The van der Waals surface area contributed by atoms with Crippen LogP contribution in [0.3, 0.4) is 0 Å². The first-order chi connectivity index (χ1) is 6.93. The van der Waals surface area contributed by atoms with Gasteiger partial charge in [0.2, 0.25) is 0 Å². The Labute approximate surface area is 85.9 Å². The van der Waals surface area contributed by atoms with Crippen LogP contribution in [0.5, 0.6) is 0 Å². The van der Waals surface area contributed by atoms with Gasteiger partial charge in [0, 0.05) is 19.5 Å². The summed E-state index contributed by atoms with van der Waals surface area (Å²) in [6.45, 7) is 2.49. The fraction of sp³-hybridized carbons (Fsp3) is 0.727. The lowest BCUT2D eigenvalue weighted by Gasteiger charge is -2.11. The van der Waals surface area contributed by atoms with Crippen molar-refractivity contribution in [3.63, 3.8) is 0 Å². The van der Waals surface area contributed by atoms with Crippen molar-refractivity contribution in [1.82, 2.24) is 10.6 Å². The summed E-state index contributed by atoms with van der Waals surface area (Å²) >= 11 is 0. The molecule has 0 amide bonds. The third kappa shape index (κ3) is 4.87. The van der Waals surface area contributed by atoms with Gasteiger partial charge in [-0.2, -0.15) is 5.26 Å². The Hall–Kier alpha value is -1.03. The summed E-state index contributed by atoms with van der Waals surface area (Å²) < 4.78 is 0. The fourth-order valence-electron chi connectivity index (χ4n) is 1.41. The first-order valence-corrected chi connectivity index (χ1v) is 5.23. The first kappa shape index (κ1) is 11.0. The maximum atomic E-state index is 8.83. The van der Waals surface area contributed by atoms with Crippen LogP contribution in [0.25, 0.3) is 0 Å². The molecule has 3 nitrogen and oxygen atoms in total. The van der Waals surface area contributed by atoms with E-state index >= 15 is 0 Å². The molecule has 1 rings (SSSR count). The highest BCUT2D eigenvalue weighted by molar-refractivity contribution is 5.01. The van der Waals surface area contributed by atoms with Crippen molar-refractivity contribution in [1.29, 1.82) is 5.26 Å². The lowest BCUT2D eigenvalue weighted by Crippen LogP contribution is -2.34. The summed E-state index contributed by atoms with van der Waals surface area (Å²) in [6, 6.07) is 2.30. The van der Waals surface area contributed by atoms with Crippen LogP contribution < -0.4 is 10.6 Å². The molecule has 0 aromatic rings. The number of hydrogen-bond donors (Lipinski definition) is 2. The van der Waals surface area contributed by atoms with Crippen molar-refractivity contribution in [2.45, 2.75) is 31.7 Å². The molecule has 0 spiro atoms. The molecule has 3 heteroatoms. The summed E-state index contributed by atoms with van der Waals surface area (Å²) in [5, 5.41) is 15.3. The smallest absolute Gasteiger partial charge is 0.0953 e. The Bertz CT molecular complexity index is 243. The molecule has 0 aliphatic carbocycles. The van der Waals surface area contributed by atoms with E-state index in [9.17, 15) is 0 Å². The molecule has 0 saturated heterocycles. The molecular weight excluding hydrogens is 174 g/mol. The van der Waals surface area contributed by atoms with Gasteiger partial charge >= 0.3 is 0 Å². The molecule has 0 fully saturated rings. The second-order valence-electron chi connectivity index (χ2n) is 3.41. The summed E-state index contributed by atoms with van der Waals surface area (Å²) in [7, 11) is 0. The molecule has 0 bridgehead atoms. The molecule has 1 aliphatic heterocycles. The molecule has 0 radical (unpaired) electrons. The highest BCUT2D eigenvalue weighted by Crippen LogP contribution is 2.02. The van der Waals surface area contributed by atoms with Gasteiger partial charge < -0.3 is 10.6 Å². The van der Waals surface area contributed by atoms with Gasteiger partial charge in [-0.1, -0.05) is 5.92 Å². The van der Waals surface area contributed by atoms with Gasteiger partial charge in [0.15, 0.2) is 0 Å². The van der Waals surface area contributed by atoms with Gasteiger partial charge in [-0.15, -0.1) is 5.92 Å². The number of nitriles is 1. The number of rotatable bonds is 0. The average Bonchev–Trinajstić information content (AvgIpc) is 2.19. The van der Waals surface area contributed by atoms with E-state index in [2.05, 4.69) is 28.5 Å². The number of nitrogens with zero attached hydrogens (tertiary/aromatic N) is 1. The third-order valence-corrected chi connectivity index (χ3v) is 2.23. The average molecular weight is 191 g/mol. The van der Waals surface area contributed by atoms with Gasteiger partial charge in [0.05, 0.1) is 18.7 Å². The van der Waals surface area contributed by atoms with E-state index in [4.69, 9.17) is 5.26 Å². The standard InChI is InChI=1S/C11H17N3/c12-10-11-6-4-2-1-3-5-7-13-8-9-14-11/h11,13-14H,1-2,4,6-9H2. The highest BCUT2D eigenvalue weighted by Gasteiger charge is 2.04. The normalized spacial score (nSPS) is 24.6. The van der Waals surface area contributed by atoms with Crippen LogP contribution in [0.2, 0.25) is 0 Å². The second-order valence-corrected chi connectivity index (χ2v) is 3.41. The molecule has 1 atom stereocenters. The Morgan fingerprint density at radius 3 is 3.00 bits per heavy atom. The van der Waals surface area contributed by atoms with Crippen molar-refractivity contribution in [2.24, 2.45) is 0 Å². The zero-order chi connectivity index (χ0) is 10.1. The largest absolute Gasteiger partial charge is 0.305 e. The maximum absolute atomic E-state index is 8.83. The van der Waals surface area contributed by atoms with E-state index in [1.54, 1.807) is 0 Å². The van der Waals surface area contributed by atoms with Crippen LogP contribution in [0, 0.1) is 23.2 Å². The molecule has 76 valence electrons. The zero-order valence-corrected chi connectivity index (χ0v) is 8.47. The summed E-state index contributed by atoms with van der Waals surface area (Å²) in [6.07, 6.45) is 4.10. The van der Waals surface area contributed by atoms with Crippen molar-refractivity contribution < 1.29 is 0 Å². The minimum absolute atomic E-state index is 0.0178. The van der Waals surface area contributed by atoms with E-state index in [0.29, 0.717) is 0 Å². The molecule has 2 N–H and O–H groups in total. The van der Waals surface area contributed by atoms with Crippen LogP contribution in [0.1, 0.15) is 25.7 Å². The molecule has 14 heavy (non-hydrogen) atoms. The Morgan fingerprint density at radius 2 is 2.14 bits per heavy atom. The van der Waals surface area contributed by atoms with Crippen molar-refractivity contribution in [3.8, 4) is 17.9 Å². The minimum Gasteiger partial charge on any atom is -0.305 e. The molecule has 1 aliphatic rings. The third-order valence-electron chi connectivity index (χ3n) is 2.23. The van der Waals surface area contributed by atoms with Crippen molar-refractivity contribution >= 4 is 0 Å². The topological polar surface area (TPSA) is 47.9 Å². The Morgan fingerprint density at radius 1 is 1.21 bits per heavy atom. The SMILES string of the molecule is N#CC1CCCCC#CCNCCN1. The molecular formula is C11H17N3. The lowest BCUT2D eigenvalue weighted by molar-refractivity contribution is 0.526. The van der Waals surface area contributed by atoms with Gasteiger partial charge in [0.25, 0.3) is 0 Å². The lowest BCUT2D eigenvalue weighted by atomic mass is 10.1. The van der Waals surface area contributed by atoms with Crippen molar-refractivity contribution in [2.75, 3.05) is 19.6 Å². The van der Waals surface area contributed by atoms with Crippen LogP contribution in [0.15, 0.2) is 0 Å². The van der Waals surface area contributed by atoms with Gasteiger partial charge in [-0.25, -0.2) is 0 Å². The Balaban J connectivity index is 2.32. The van der Waals surface area contributed by atoms with Gasteiger partial charge in [-0.05, 0) is 19.3 Å². The molecule has 0 aromatic carbocycles. The van der Waals surface area contributed by atoms with E-state index in [-0.39, 0.29) is 6.04 Å². The monoisotopic (exact) mass is 191 g/mol. The second kappa shape index (κ2) is 7.38. The zero-order valence-electron chi connectivity index (χ0n) is 8.47. The predicted octanol–water partition coefficient (Wildman–Crippen LogP) is 0.635. The quantitative estimate of drug-likeness (QED) is 0.552. The Kier molecular flexibility index (Phi) is 5.82. The van der Waals surface area contributed by atoms with Crippen LogP contribution in [0.4, 0.5) is 0 Å².